The number of hydrogen-bond donors (Lipinski definition) is 0. The summed E-state index contributed by atoms with van der Waals surface area (Å²) in [6.07, 6.45) is 1.72. The number of likely N-dealkylation sites (N-methyl/N-ethyl adjacent to an activating group) is 1. The van der Waals surface area contributed by atoms with Gasteiger partial charge >= 0.3 is 11.9 Å². The number of esters is 2. The van der Waals surface area contributed by atoms with E-state index in [0.717, 1.165) is 0 Å². The second-order valence-electron chi connectivity index (χ2n) is 7.67. The van der Waals surface area contributed by atoms with Crippen LogP contribution in [0.1, 0.15) is 24.1 Å². The SMILES string of the molecule is CCOC(=O)[C@@]1(C(=O)OC)/C(=C/c2ccc(F)cc2)CN(C)[C@@H]1c1ccc2c(c1)OCO2. The average Bonchev–Trinajstić information content (AvgIpc) is 3.36. The molecular weight excluding hydrogens is 417 g/mol. The predicted molar refractivity (Wildman–Crippen MR) is 113 cm³/mol. The van der Waals surface area contributed by atoms with Crippen molar-refractivity contribution < 1.29 is 32.9 Å². The molecule has 0 amide bonds. The van der Waals surface area contributed by atoms with Crippen molar-refractivity contribution in [3.05, 3.63) is 65.0 Å². The Balaban J connectivity index is 1.91. The third-order valence-electron chi connectivity index (χ3n) is 5.81. The van der Waals surface area contributed by atoms with Gasteiger partial charge in [-0.25, -0.2) is 4.39 Å². The summed E-state index contributed by atoms with van der Waals surface area (Å²) in [4.78, 5) is 28.7. The predicted octanol–water partition coefficient (Wildman–Crippen LogP) is 3.35. The molecule has 2 aromatic rings. The van der Waals surface area contributed by atoms with Crippen molar-refractivity contribution in [3.8, 4) is 11.5 Å². The van der Waals surface area contributed by atoms with E-state index in [2.05, 4.69) is 0 Å². The van der Waals surface area contributed by atoms with Gasteiger partial charge in [-0.1, -0.05) is 24.3 Å². The number of methoxy groups -OCH3 is 1. The molecule has 8 heteroatoms. The van der Waals surface area contributed by atoms with E-state index >= 15 is 0 Å². The number of carbonyl (C=O) groups is 2. The van der Waals surface area contributed by atoms with Gasteiger partial charge in [-0.15, -0.1) is 0 Å². The molecule has 0 aromatic heterocycles. The van der Waals surface area contributed by atoms with E-state index in [1.165, 1.54) is 19.2 Å². The second kappa shape index (κ2) is 8.63. The van der Waals surface area contributed by atoms with Crippen LogP contribution in [0.3, 0.4) is 0 Å². The molecule has 1 fully saturated rings. The van der Waals surface area contributed by atoms with Gasteiger partial charge in [-0.2, -0.15) is 0 Å². The summed E-state index contributed by atoms with van der Waals surface area (Å²) >= 11 is 0. The van der Waals surface area contributed by atoms with E-state index in [0.29, 0.717) is 34.7 Å². The number of nitrogens with zero attached hydrogens (tertiary/aromatic N) is 1. The van der Waals surface area contributed by atoms with Gasteiger partial charge in [0.15, 0.2) is 11.5 Å². The normalized spacial score (nSPS) is 23.4. The van der Waals surface area contributed by atoms with Crippen molar-refractivity contribution in [1.29, 1.82) is 0 Å². The van der Waals surface area contributed by atoms with Crippen LogP contribution in [0, 0.1) is 11.2 Å². The minimum atomic E-state index is -1.75. The van der Waals surface area contributed by atoms with Gasteiger partial charge in [0.05, 0.1) is 19.8 Å². The van der Waals surface area contributed by atoms with E-state index in [9.17, 15) is 14.0 Å². The van der Waals surface area contributed by atoms with Gasteiger partial charge in [-0.3, -0.25) is 14.5 Å². The summed E-state index contributed by atoms with van der Waals surface area (Å²) in [6, 6.07) is 10.4. The number of carbonyl (C=O) groups excluding carboxylic acids is 2. The van der Waals surface area contributed by atoms with E-state index in [4.69, 9.17) is 18.9 Å². The maximum Gasteiger partial charge on any atom is 0.329 e. The Morgan fingerprint density at radius 2 is 1.88 bits per heavy atom. The standard InChI is InChI=1S/C24H24FNO6/c1-4-30-23(28)24(22(27)29-3)17(11-15-5-8-18(25)9-6-15)13-26(2)21(24)16-7-10-19-20(12-16)32-14-31-19/h5-12,21H,4,13-14H2,1-3H3/b17-11+/t21-,24+/m1/s1. The number of rotatable bonds is 5. The zero-order valence-electron chi connectivity index (χ0n) is 18.1. The first-order valence-electron chi connectivity index (χ1n) is 10.2. The van der Waals surface area contributed by atoms with Gasteiger partial charge in [0.1, 0.15) is 5.82 Å². The van der Waals surface area contributed by atoms with Crippen LogP contribution in [0.2, 0.25) is 0 Å². The summed E-state index contributed by atoms with van der Waals surface area (Å²) in [6.45, 7) is 2.18. The fourth-order valence-electron chi connectivity index (χ4n) is 4.47. The van der Waals surface area contributed by atoms with Crippen LogP contribution in [-0.2, 0) is 19.1 Å². The molecule has 0 bridgehead atoms. The number of benzene rings is 2. The fourth-order valence-corrected chi connectivity index (χ4v) is 4.47. The number of halogens is 1. The van der Waals surface area contributed by atoms with Gasteiger partial charge in [-0.05, 0) is 54.9 Å². The zero-order chi connectivity index (χ0) is 22.9. The second-order valence-corrected chi connectivity index (χ2v) is 7.67. The summed E-state index contributed by atoms with van der Waals surface area (Å²) < 4.78 is 34.9. The summed E-state index contributed by atoms with van der Waals surface area (Å²) in [5, 5.41) is 0. The lowest BCUT2D eigenvalue weighted by Gasteiger charge is -2.33. The highest BCUT2D eigenvalue weighted by atomic mass is 19.1. The van der Waals surface area contributed by atoms with Crippen molar-refractivity contribution in [1.82, 2.24) is 4.90 Å². The summed E-state index contributed by atoms with van der Waals surface area (Å²) in [5.41, 5.74) is 0.0812. The lowest BCUT2D eigenvalue weighted by atomic mass is 9.73. The molecule has 2 heterocycles. The molecule has 32 heavy (non-hydrogen) atoms. The minimum Gasteiger partial charge on any atom is -0.468 e. The Morgan fingerprint density at radius 1 is 1.16 bits per heavy atom. The maximum atomic E-state index is 13.5. The molecule has 2 aliphatic heterocycles. The van der Waals surface area contributed by atoms with Crippen molar-refractivity contribution in [2.24, 2.45) is 5.41 Å². The lowest BCUT2D eigenvalue weighted by Crippen LogP contribution is -2.46. The molecule has 0 N–H and O–H groups in total. The van der Waals surface area contributed by atoms with Gasteiger partial charge in [0.2, 0.25) is 12.2 Å². The molecule has 2 atom stereocenters. The number of fused-ring (bicyclic) bond motifs is 1. The quantitative estimate of drug-likeness (QED) is 0.520. The smallest absolute Gasteiger partial charge is 0.329 e. The highest BCUT2D eigenvalue weighted by Crippen LogP contribution is 2.53. The lowest BCUT2D eigenvalue weighted by molar-refractivity contribution is -0.169. The molecule has 0 aliphatic carbocycles. The molecule has 7 nitrogen and oxygen atoms in total. The molecule has 2 aromatic carbocycles. The van der Waals surface area contributed by atoms with Crippen LogP contribution >= 0.6 is 0 Å². The Morgan fingerprint density at radius 3 is 2.56 bits per heavy atom. The van der Waals surface area contributed by atoms with Crippen LogP contribution in [0.5, 0.6) is 11.5 Å². The van der Waals surface area contributed by atoms with Crippen LogP contribution in [-0.4, -0.2) is 50.9 Å². The van der Waals surface area contributed by atoms with Gasteiger partial charge in [0, 0.05) is 6.54 Å². The van der Waals surface area contributed by atoms with E-state index in [1.807, 2.05) is 11.9 Å². The van der Waals surface area contributed by atoms with Gasteiger partial charge < -0.3 is 18.9 Å². The topological polar surface area (TPSA) is 74.3 Å². The van der Waals surface area contributed by atoms with Gasteiger partial charge in [0.25, 0.3) is 0 Å². The third-order valence-corrected chi connectivity index (χ3v) is 5.81. The molecular formula is C24H24FNO6. The molecule has 0 unspecified atom stereocenters. The van der Waals surface area contributed by atoms with Crippen molar-refractivity contribution in [3.63, 3.8) is 0 Å². The molecule has 0 spiro atoms. The van der Waals surface area contributed by atoms with Crippen LogP contribution in [0.25, 0.3) is 6.08 Å². The van der Waals surface area contributed by atoms with E-state index in [-0.39, 0.29) is 19.2 Å². The molecule has 0 saturated carbocycles. The van der Waals surface area contributed by atoms with E-state index in [1.54, 1.807) is 43.3 Å². The Labute approximate surface area is 185 Å². The molecule has 0 radical (unpaired) electrons. The molecule has 4 rings (SSSR count). The number of likely N-dealkylation sites (tertiary alicyclic amines) is 1. The Hall–Kier alpha value is -3.39. The van der Waals surface area contributed by atoms with E-state index < -0.39 is 23.4 Å². The fraction of sp³-hybridized carbons (Fsp3) is 0.333. The number of ether oxygens (including phenoxy) is 4. The summed E-state index contributed by atoms with van der Waals surface area (Å²) in [5.74, 6) is -0.673. The Bertz CT molecular complexity index is 1070. The average molecular weight is 441 g/mol. The molecule has 1 saturated heterocycles. The first kappa shape index (κ1) is 21.8. The third kappa shape index (κ3) is 3.50. The van der Waals surface area contributed by atoms with Crippen molar-refractivity contribution >= 4 is 18.0 Å². The first-order chi connectivity index (χ1) is 15.4. The van der Waals surface area contributed by atoms with Crippen LogP contribution in [0.4, 0.5) is 4.39 Å². The monoisotopic (exact) mass is 441 g/mol. The highest BCUT2D eigenvalue weighted by molar-refractivity contribution is 6.06. The molecule has 168 valence electrons. The largest absolute Gasteiger partial charge is 0.468 e. The Kier molecular flexibility index (Phi) is 5.88. The highest BCUT2D eigenvalue weighted by Gasteiger charge is 2.63. The number of hydrogen-bond acceptors (Lipinski definition) is 7. The maximum absolute atomic E-state index is 13.5. The van der Waals surface area contributed by atoms with Crippen LogP contribution < -0.4 is 9.47 Å². The van der Waals surface area contributed by atoms with Crippen molar-refractivity contribution in [2.75, 3.05) is 34.1 Å². The molecule has 2 aliphatic rings. The first-order valence-corrected chi connectivity index (χ1v) is 10.2. The summed E-state index contributed by atoms with van der Waals surface area (Å²) in [7, 11) is 3.06. The zero-order valence-corrected chi connectivity index (χ0v) is 18.1. The van der Waals surface area contributed by atoms with Crippen LogP contribution in [0.15, 0.2) is 48.0 Å². The minimum absolute atomic E-state index is 0.0962. The van der Waals surface area contributed by atoms with Crippen molar-refractivity contribution in [2.45, 2.75) is 13.0 Å².